The Bertz CT molecular complexity index is 446. The lowest BCUT2D eigenvalue weighted by Crippen LogP contribution is -1.94. The lowest BCUT2D eigenvalue weighted by Gasteiger charge is -1.94. The van der Waals surface area contributed by atoms with E-state index < -0.39 is 22.5 Å². The molecule has 1 aromatic carbocycles. The third-order valence-electron chi connectivity index (χ3n) is 1.57. The maximum atomic E-state index is 13.1. The highest BCUT2D eigenvalue weighted by molar-refractivity contribution is 5.42. The van der Waals surface area contributed by atoms with Crippen LogP contribution < -0.4 is 0 Å². The van der Waals surface area contributed by atoms with E-state index in [4.69, 9.17) is 5.11 Å². The molecule has 4 nitrogen and oxygen atoms in total. The molecule has 15 heavy (non-hydrogen) atoms. The number of halogens is 1. The number of aliphatic hydroxyl groups is 1. The van der Waals surface area contributed by atoms with E-state index in [1.54, 1.807) is 0 Å². The Kier molecular flexibility index (Phi) is 3.37. The monoisotopic (exact) mass is 209 g/mol. The summed E-state index contributed by atoms with van der Waals surface area (Å²) in [5.74, 6) is 3.96. The Balaban J connectivity index is 3.03. The molecule has 0 spiro atoms. The first-order valence-electron chi connectivity index (χ1n) is 4.14. The van der Waals surface area contributed by atoms with Crippen LogP contribution in [0.15, 0.2) is 18.2 Å². The number of nitro benzene ring substituents is 1. The standard InChI is InChI=1S/C10H8FNO3/c1-7(13)2-3-8-4-5-10(12(14)15)9(11)6-8/h4-7,13H,1H3. The van der Waals surface area contributed by atoms with Crippen molar-refractivity contribution < 1.29 is 14.4 Å². The molecule has 0 bridgehead atoms. The van der Waals surface area contributed by atoms with Crippen LogP contribution in [0.25, 0.3) is 0 Å². The topological polar surface area (TPSA) is 63.4 Å². The van der Waals surface area contributed by atoms with Gasteiger partial charge in [0.25, 0.3) is 0 Å². The van der Waals surface area contributed by atoms with Gasteiger partial charge in [-0.1, -0.05) is 11.8 Å². The first-order chi connectivity index (χ1) is 7.00. The molecule has 0 saturated carbocycles. The smallest absolute Gasteiger partial charge is 0.304 e. The van der Waals surface area contributed by atoms with Gasteiger partial charge in [0.15, 0.2) is 0 Å². The zero-order chi connectivity index (χ0) is 11.4. The van der Waals surface area contributed by atoms with Gasteiger partial charge >= 0.3 is 5.69 Å². The Morgan fingerprint density at radius 3 is 2.73 bits per heavy atom. The van der Waals surface area contributed by atoms with Crippen LogP contribution in [0.3, 0.4) is 0 Å². The fourth-order valence-corrected chi connectivity index (χ4v) is 0.920. The third kappa shape index (κ3) is 3.04. The second-order valence-electron chi connectivity index (χ2n) is 2.87. The highest BCUT2D eigenvalue weighted by Gasteiger charge is 2.12. The maximum Gasteiger partial charge on any atom is 0.304 e. The number of hydrogen-bond donors (Lipinski definition) is 1. The molecular formula is C10H8FNO3. The molecule has 0 saturated heterocycles. The summed E-state index contributed by atoms with van der Waals surface area (Å²) < 4.78 is 13.1. The van der Waals surface area contributed by atoms with Crippen LogP contribution >= 0.6 is 0 Å². The number of benzene rings is 1. The maximum absolute atomic E-state index is 13.1. The Labute approximate surface area is 85.5 Å². The van der Waals surface area contributed by atoms with E-state index in [1.807, 2.05) is 0 Å². The predicted octanol–water partition coefficient (Wildman–Crippen LogP) is 1.47. The molecule has 0 amide bonds. The van der Waals surface area contributed by atoms with Crippen LogP contribution in [0.2, 0.25) is 0 Å². The van der Waals surface area contributed by atoms with Crippen molar-refractivity contribution in [1.29, 1.82) is 0 Å². The van der Waals surface area contributed by atoms with E-state index in [1.165, 1.54) is 13.0 Å². The zero-order valence-electron chi connectivity index (χ0n) is 7.90. The van der Waals surface area contributed by atoms with E-state index in [-0.39, 0.29) is 0 Å². The first-order valence-corrected chi connectivity index (χ1v) is 4.14. The van der Waals surface area contributed by atoms with Gasteiger partial charge in [-0.3, -0.25) is 10.1 Å². The third-order valence-corrected chi connectivity index (χ3v) is 1.57. The number of hydrogen-bond acceptors (Lipinski definition) is 3. The van der Waals surface area contributed by atoms with Gasteiger partial charge in [-0.2, -0.15) is 4.39 Å². The molecule has 0 aromatic heterocycles. The molecule has 0 aliphatic carbocycles. The molecular weight excluding hydrogens is 201 g/mol. The Hall–Kier alpha value is -1.93. The first kappa shape index (κ1) is 11.1. The molecule has 1 atom stereocenters. The Morgan fingerprint density at radius 2 is 2.27 bits per heavy atom. The van der Waals surface area contributed by atoms with Gasteiger partial charge in [0.2, 0.25) is 5.82 Å². The van der Waals surface area contributed by atoms with Crippen molar-refractivity contribution in [3.63, 3.8) is 0 Å². The molecule has 5 heteroatoms. The van der Waals surface area contributed by atoms with Crippen molar-refractivity contribution in [2.75, 3.05) is 0 Å². The van der Waals surface area contributed by atoms with Gasteiger partial charge in [0.05, 0.1) is 4.92 Å². The summed E-state index contributed by atoms with van der Waals surface area (Å²) in [6, 6.07) is 3.34. The summed E-state index contributed by atoms with van der Waals surface area (Å²) in [7, 11) is 0. The van der Waals surface area contributed by atoms with Gasteiger partial charge in [0, 0.05) is 11.6 Å². The summed E-state index contributed by atoms with van der Waals surface area (Å²) in [5, 5.41) is 19.1. The highest BCUT2D eigenvalue weighted by Crippen LogP contribution is 2.17. The van der Waals surface area contributed by atoms with Gasteiger partial charge in [-0.15, -0.1) is 0 Å². The average Bonchev–Trinajstić information content (AvgIpc) is 2.14. The summed E-state index contributed by atoms with van der Waals surface area (Å²) in [4.78, 5) is 9.48. The molecule has 0 radical (unpaired) electrons. The zero-order valence-corrected chi connectivity index (χ0v) is 7.90. The highest BCUT2D eigenvalue weighted by atomic mass is 19.1. The van der Waals surface area contributed by atoms with Crippen molar-refractivity contribution in [3.05, 3.63) is 39.7 Å². The largest absolute Gasteiger partial charge is 0.381 e. The van der Waals surface area contributed by atoms with Crippen LogP contribution in [0.4, 0.5) is 10.1 Å². The van der Waals surface area contributed by atoms with Crippen molar-refractivity contribution in [3.8, 4) is 11.8 Å². The predicted molar refractivity (Wildman–Crippen MR) is 51.6 cm³/mol. The molecule has 1 rings (SSSR count). The van der Waals surface area contributed by atoms with Crippen LogP contribution in [0, 0.1) is 27.8 Å². The quantitative estimate of drug-likeness (QED) is 0.432. The summed E-state index contributed by atoms with van der Waals surface area (Å²) in [5.41, 5.74) is -0.295. The second-order valence-corrected chi connectivity index (χ2v) is 2.87. The normalized spacial score (nSPS) is 11.4. The van der Waals surface area contributed by atoms with E-state index in [0.717, 1.165) is 12.1 Å². The number of nitrogens with zero attached hydrogens (tertiary/aromatic N) is 1. The van der Waals surface area contributed by atoms with E-state index in [2.05, 4.69) is 11.8 Å². The van der Waals surface area contributed by atoms with E-state index in [9.17, 15) is 14.5 Å². The minimum absolute atomic E-state index is 0.291. The molecule has 78 valence electrons. The average molecular weight is 209 g/mol. The van der Waals surface area contributed by atoms with Crippen LogP contribution in [0.5, 0.6) is 0 Å². The van der Waals surface area contributed by atoms with Crippen LogP contribution in [-0.4, -0.2) is 16.1 Å². The van der Waals surface area contributed by atoms with Gasteiger partial charge in [-0.25, -0.2) is 0 Å². The van der Waals surface area contributed by atoms with E-state index in [0.29, 0.717) is 5.56 Å². The fourth-order valence-electron chi connectivity index (χ4n) is 0.920. The van der Waals surface area contributed by atoms with Crippen molar-refractivity contribution in [2.45, 2.75) is 13.0 Å². The van der Waals surface area contributed by atoms with Crippen molar-refractivity contribution in [2.24, 2.45) is 0 Å². The lowest BCUT2D eigenvalue weighted by molar-refractivity contribution is -0.387. The van der Waals surface area contributed by atoms with Crippen molar-refractivity contribution in [1.82, 2.24) is 0 Å². The molecule has 0 aliphatic rings. The summed E-state index contributed by atoms with van der Waals surface area (Å²) >= 11 is 0. The minimum atomic E-state index is -0.933. The van der Waals surface area contributed by atoms with Crippen molar-refractivity contribution >= 4 is 5.69 Å². The van der Waals surface area contributed by atoms with Gasteiger partial charge < -0.3 is 5.11 Å². The SMILES string of the molecule is CC(O)C#Cc1ccc([N+](=O)[O-])c(F)c1. The molecule has 1 aromatic rings. The summed E-state index contributed by atoms with van der Waals surface area (Å²) in [6.07, 6.45) is -0.816. The number of aliphatic hydroxyl groups excluding tert-OH is 1. The fraction of sp³-hybridized carbons (Fsp3) is 0.200. The summed E-state index contributed by atoms with van der Waals surface area (Å²) in [6.45, 7) is 1.47. The van der Waals surface area contributed by atoms with Crippen LogP contribution in [0.1, 0.15) is 12.5 Å². The molecule has 0 aliphatic heterocycles. The molecule has 1 unspecified atom stereocenters. The van der Waals surface area contributed by atoms with Gasteiger partial charge in [0.1, 0.15) is 6.10 Å². The molecule has 0 fully saturated rings. The van der Waals surface area contributed by atoms with E-state index >= 15 is 0 Å². The lowest BCUT2D eigenvalue weighted by atomic mass is 10.2. The number of nitro groups is 1. The molecule has 1 N–H and O–H groups in total. The second kappa shape index (κ2) is 4.53. The number of rotatable bonds is 1. The van der Waals surface area contributed by atoms with Crippen LogP contribution in [-0.2, 0) is 0 Å². The van der Waals surface area contributed by atoms with Gasteiger partial charge in [-0.05, 0) is 19.1 Å². The Morgan fingerprint density at radius 1 is 1.60 bits per heavy atom. The molecule has 0 heterocycles. The minimum Gasteiger partial charge on any atom is -0.381 e.